The third-order valence-electron chi connectivity index (χ3n) is 3.15. The van der Waals surface area contributed by atoms with E-state index in [-0.39, 0.29) is 16.8 Å². The summed E-state index contributed by atoms with van der Waals surface area (Å²) in [4.78, 5) is 26.7. The van der Waals surface area contributed by atoms with Gasteiger partial charge in [0.05, 0.1) is 11.3 Å². The van der Waals surface area contributed by atoms with Crippen molar-refractivity contribution in [3.8, 4) is 11.3 Å². The molecule has 1 aromatic carbocycles. The zero-order valence-corrected chi connectivity index (χ0v) is 10.7. The maximum absolute atomic E-state index is 11.3. The molecule has 0 fully saturated rings. The lowest BCUT2D eigenvalue weighted by molar-refractivity contribution is 0.0687. The molecule has 104 valence electrons. The molecule has 0 bridgehead atoms. The molecule has 0 aliphatic carbocycles. The summed E-state index contributed by atoms with van der Waals surface area (Å²) >= 11 is 0. The molecule has 2 N–H and O–H groups in total. The van der Waals surface area contributed by atoms with E-state index in [9.17, 15) is 14.7 Å². The van der Waals surface area contributed by atoms with E-state index >= 15 is 0 Å². The highest BCUT2D eigenvalue weighted by atomic mass is 16.4. The zero-order valence-electron chi connectivity index (χ0n) is 10.7. The number of benzene rings is 1. The molecule has 3 rings (SSSR count). The number of hydrogen-bond donors (Lipinski definition) is 2. The number of aromatic nitrogens is 2. The fourth-order valence-corrected chi connectivity index (χ4v) is 2.20. The van der Waals surface area contributed by atoms with Crippen LogP contribution in [0, 0.1) is 0 Å². The minimum Gasteiger partial charge on any atom is -0.478 e. The number of carboxylic acids is 2. The van der Waals surface area contributed by atoms with Crippen molar-refractivity contribution in [3.63, 3.8) is 0 Å². The monoisotopic (exact) mass is 282 g/mol. The van der Waals surface area contributed by atoms with Crippen LogP contribution in [0.4, 0.5) is 0 Å². The van der Waals surface area contributed by atoms with Crippen LogP contribution in [-0.4, -0.2) is 31.5 Å². The van der Waals surface area contributed by atoms with E-state index < -0.39 is 11.9 Å². The van der Waals surface area contributed by atoms with Crippen molar-refractivity contribution in [2.24, 2.45) is 0 Å². The van der Waals surface area contributed by atoms with E-state index in [1.165, 1.54) is 12.1 Å². The zero-order chi connectivity index (χ0) is 15.0. The average Bonchev–Trinajstić information content (AvgIpc) is 2.90. The highest BCUT2D eigenvalue weighted by molar-refractivity contribution is 5.97. The fraction of sp³-hybridized carbons (Fsp3) is 0. The van der Waals surface area contributed by atoms with Gasteiger partial charge in [-0.05, 0) is 18.2 Å². The number of nitrogens with zero attached hydrogens (tertiary/aromatic N) is 2. The molecule has 0 atom stereocenters. The first kappa shape index (κ1) is 12.9. The number of hydrogen-bond acceptors (Lipinski definition) is 3. The Bertz CT molecular complexity index is 867. The molecule has 0 saturated heterocycles. The van der Waals surface area contributed by atoms with Gasteiger partial charge < -0.3 is 14.6 Å². The first-order valence-electron chi connectivity index (χ1n) is 6.11. The number of carboxylic acid groups (broad SMARTS) is 2. The Morgan fingerprint density at radius 3 is 2.33 bits per heavy atom. The van der Waals surface area contributed by atoms with Gasteiger partial charge in [0.25, 0.3) is 0 Å². The maximum atomic E-state index is 11.3. The van der Waals surface area contributed by atoms with Gasteiger partial charge in [0.2, 0.25) is 0 Å². The van der Waals surface area contributed by atoms with Crippen LogP contribution in [0.5, 0.6) is 0 Å². The summed E-state index contributed by atoms with van der Waals surface area (Å²) < 4.78 is 1.57. The summed E-state index contributed by atoms with van der Waals surface area (Å²) in [5.41, 5.74) is 1.33. The molecule has 2 heterocycles. The number of pyridine rings is 1. The second-order valence-electron chi connectivity index (χ2n) is 4.43. The van der Waals surface area contributed by atoms with Crippen LogP contribution < -0.4 is 0 Å². The van der Waals surface area contributed by atoms with Crippen molar-refractivity contribution in [1.82, 2.24) is 9.38 Å². The molecule has 6 heteroatoms. The van der Waals surface area contributed by atoms with Crippen molar-refractivity contribution in [2.45, 2.75) is 0 Å². The lowest BCUT2D eigenvalue weighted by atomic mass is 10.1. The highest BCUT2D eigenvalue weighted by Crippen LogP contribution is 2.24. The number of imidazole rings is 1. The van der Waals surface area contributed by atoms with Crippen LogP contribution in [-0.2, 0) is 0 Å². The molecule has 0 aliphatic heterocycles. The minimum absolute atomic E-state index is 0.0663. The molecular formula is C15H10N2O4. The van der Waals surface area contributed by atoms with Gasteiger partial charge in [-0.15, -0.1) is 0 Å². The van der Waals surface area contributed by atoms with E-state index in [4.69, 9.17) is 5.11 Å². The Morgan fingerprint density at radius 2 is 1.62 bits per heavy atom. The highest BCUT2D eigenvalue weighted by Gasteiger charge is 2.16. The SMILES string of the molecule is O=C(O)c1ccccc1-c1cn2cccc(C(=O)O)c2n1. The standard InChI is InChI=1S/C15H10N2O4/c18-14(19)10-5-2-1-4-9(10)12-8-17-7-3-6-11(15(20)21)13(17)16-12/h1-8H,(H,18,19)(H,20,21). The molecular weight excluding hydrogens is 272 g/mol. The summed E-state index contributed by atoms with van der Waals surface area (Å²) in [6, 6.07) is 9.53. The summed E-state index contributed by atoms with van der Waals surface area (Å²) in [7, 11) is 0. The van der Waals surface area contributed by atoms with Gasteiger partial charge in [-0.25, -0.2) is 14.6 Å². The van der Waals surface area contributed by atoms with Crippen molar-refractivity contribution in [3.05, 3.63) is 59.9 Å². The molecule has 6 nitrogen and oxygen atoms in total. The third-order valence-corrected chi connectivity index (χ3v) is 3.15. The van der Waals surface area contributed by atoms with Gasteiger partial charge in [-0.1, -0.05) is 18.2 Å². The fourth-order valence-electron chi connectivity index (χ4n) is 2.20. The first-order chi connectivity index (χ1) is 10.1. The summed E-state index contributed by atoms with van der Waals surface area (Å²) in [6.45, 7) is 0. The van der Waals surface area contributed by atoms with Crippen LogP contribution in [0.1, 0.15) is 20.7 Å². The number of rotatable bonds is 3. The summed E-state index contributed by atoms with van der Waals surface area (Å²) in [5, 5.41) is 18.4. The van der Waals surface area contributed by atoms with Gasteiger partial charge >= 0.3 is 11.9 Å². The second kappa shape index (κ2) is 4.75. The molecule has 2 aromatic heterocycles. The summed E-state index contributed by atoms with van der Waals surface area (Å²) in [5.74, 6) is -2.13. The first-order valence-corrected chi connectivity index (χ1v) is 6.11. The van der Waals surface area contributed by atoms with Crippen molar-refractivity contribution >= 4 is 17.6 Å². The molecule has 0 saturated carbocycles. The topological polar surface area (TPSA) is 91.9 Å². The largest absolute Gasteiger partial charge is 0.478 e. The van der Waals surface area contributed by atoms with Crippen molar-refractivity contribution < 1.29 is 19.8 Å². The second-order valence-corrected chi connectivity index (χ2v) is 4.43. The molecule has 0 amide bonds. The van der Waals surface area contributed by atoms with Crippen LogP contribution in [0.25, 0.3) is 16.9 Å². The van der Waals surface area contributed by atoms with Crippen LogP contribution >= 0.6 is 0 Å². The smallest absolute Gasteiger partial charge is 0.339 e. The molecule has 0 radical (unpaired) electrons. The van der Waals surface area contributed by atoms with Gasteiger partial charge in [0, 0.05) is 18.0 Å². The van der Waals surface area contributed by atoms with Gasteiger partial charge in [-0.3, -0.25) is 0 Å². The number of aromatic carboxylic acids is 2. The normalized spacial score (nSPS) is 10.7. The van der Waals surface area contributed by atoms with Crippen molar-refractivity contribution in [2.75, 3.05) is 0 Å². The van der Waals surface area contributed by atoms with Gasteiger partial charge in [0.1, 0.15) is 5.56 Å². The lowest BCUT2D eigenvalue weighted by Crippen LogP contribution is -2.00. The Balaban J connectivity index is 2.26. The van der Waals surface area contributed by atoms with E-state index in [1.54, 1.807) is 41.1 Å². The van der Waals surface area contributed by atoms with E-state index in [0.29, 0.717) is 11.3 Å². The molecule has 0 aliphatic rings. The Labute approximate surface area is 118 Å². The Kier molecular flexibility index (Phi) is 2.91. The molecule has 21 heavy (non-hydrogen) atoms. The van der Waals surface area contributed by atoms with Gasteiger partial charge in [0.15, 0.2) is 5.65 Å². The predicted molar refractivity (Wildman–Crippen MR) is 74.5 cm³/mol. The van der Waals surface area contributed by atoms with Crippen LogP contribution in [0.15, 0.2) is 48.8 Å². The average molecular weight is 282 g/mol. The van der Waals surface area contributed by atoms with Crippen LogP contribution in [0.2, 0.25) is 0 Å². The molecule has 0 spiro atoms. The van der Waals surface area contributed by atoms with Gasteiger partial charge in [-0.2, -0.15) is 0 Å². The quantitative estimate of drug-likeness (QED) is 0.769. The number of fused-ring (bicyclic) bond motifs is 1. The molecule has 0 unspecified atom stereocenters. The minimum atomic E-state index is -1.08. The van der Waals surface area contributed by atoms with E-state index in [1.807, 2.05) is 0 Å². The predicted octanol–water partition coefficient (Wildman–Crippen LogP) is 2.40. The third kappa shape index (κ3) is 2.12. The van der Waals surface area contributed by atoms with Crippen LogP contribution in [0.3, 0.4) is 0 Å². The number of carbonyl (C=O) groups is 2. The Hall–Kier alpha value is -3.15. The van der Waals surface area contributed by atoms with Crippen molar-refractivity contribution in [1.29, 1.82) is 0 Å². The van der Waals surface area contributed by atoms with E-state index in [0.717, 1.165) is 0 Å². The lowest BCUT2D eigenvalue weighted by Gasteiger charge is -2.01. The van der Waals surface area contributed by atoms with E-state index in [2.05, 4.69) is 4.98 Å². The maximum Gasteiger partial charge on any atom is 0.339 e. The Morgan fingerprint density at radius 1 is 0.952 bits per heavy atom. The summed E-state index contributed by atoms with van der Waals surface area (Å²) in [6.07, 6.45) is 3.28. The molecule has 3 aromatic rings.